The van der Waals surface area contributed by atoms with E-state index in [1.165, 1.54) is 64.1 Å². The highest BCUT2D eigenvalue weighted by atomic mass is 32.1. The van der Waals surface area contributed by atoms with Gasteiger partial charge in [-0.15, -0.1) is 11.3 Å². The van der Waals surface area contributed by atoms with E-state index in [9.17, 15) is 0 Å². The summed E-state index contributed by atoms with van der Waals surface area (Å²) in [5, 5.41) is 13.5. The lowest BCUT2D eigenvalue weighted by Gasteiger charge is -2.24. The highest BCUT2D eigenvalue weighted by molar-refractivity contribution is 7.25. The normalized spacial score (nSPS) is 12.9. The molecule has 58 heavy (non-hydrogen) atoms. The molecule has 13 rings (SSSR count). The van der Waals surface area contributed by atoms with Crippen molar-refractivity contribution >= 4 is 127 Å². The number of hydrogen-bond donors (Lipinski definition) is 1. The summed E-state index contributed by atoms with van der Waals surface area (Å²) in [4.78, 5) is 0. The van der Waals surface area contributed by atoms with E-state index < -0.39 is 0 Å². The van der Waals surface area contributed by atoms with Gasteiger partial charge >= 0.3 is 0 Å². The van der Waals surface area contributed by atoms with Crippen LogP contribution in [-0.2, 0) is 5.41 Å². The van der Waals surface area contributed by atoms with Gasteiger partial charge in [0.25, 0.3) is 0 Å². The number of rotatable bonds is 3. The highest BCUT2D eigenvalue weighted by Crippen LogP contribution is 2.44. The maximum absolute atomic E-state index is 6.52. The quantitative estimate of drug-likeness (QED) is 0.182. The van der Waals surface area contributed by atoms with E-state index >= 15 is 0 Å². The first-order chi connectivity index (χ1) is 28.3. The first-order valence-electron chi connectivity index (χ1n) is 20.0. The average Bonchev–Trinajstić information content (AvgIpc) is 3.98. The van der Waals surface area contributed by atoms with E-state index in [0.717, 1.165) is 73.7 Å². The van der Waals surface area contributed by atoms with Crippen LogP contribution in [0.25, 0.3) is 103 Å². The van der Waals surface area contributed by atoms with Crippen LogP contribution in [0.15, 0.2) is 154 Å². The van der Waals surface area contributed by atoms with E-state index in [1.807, 2.05) is 23.5 Å². The van der Waals surface area contributed by atoms with Crippen LogP contribution in [0.2, 0.25) is 0 Å². The second-order valence-corrected chi connectivity index (χ2v) is 18.1. The van der Waals surface area contributed by atoms with Crippen molar-refractivity contribution in [2.75, 3.05) is 5.32 Å². The SMILES string of the molecule is CC(C)(C)c1ccc(Nc2cc3sc4ccccc4c3cc2-c2ccc3c4cc5c(cc4n4c3c2Bc2cc3c(cc2-4)oc2ccccc23)oc2ccccc25)cc1. The molecule has 8 aromatic carbocycles. The lowest BCUT2D eigenvalue weighted by atomic mass is 9.59. The summed E-state index contributed by atoms with van der Waals surface area (Å²) in [5.74, 6) is 0. The Morgan fingerprint density at radius 1 is 0.534 bits per heavy atom. The second kappa shape index (κ2) is 11.4. The fourth-order valence-corrected chi connectivity index (χ4v) is 10.9. The number of para-hydroxylation sites is 2. The van der Waals surface area contributed by atoms with Gasteiger partial charge in [0.15, 0.2) is 7.28 Å². The molecule has 0 unspecified atom stereocenters. The number of nitrogens with one attached hydrogen (secondary N) is 1. The molecular weight excluding hydrogens is 727 g/mol. The van der Waals surface area contributed by atoms with Gasteiger partial charge in [-0.2, -0.15) is 0 Å². The van der Waals surface area contributed by atoms with Crippen molar-refractivity contribution in [2.45, 2.75) is 26.2 Å². The molecule has 1 aliphatic rings. The lowest BCUT2D eigenvalue weighted by molar-refractivity contribution is 0.590. The maximum Gasteiger partial charge on any atom is 0.198 e. The van der Waals surface area contributed by atoms with Gasteiger partial charge in [0.1, 0.15) is 22.3 Å². The molecule has 5 heterocycles. The highest BCUT2D eigenvalue weighted by Gasteiger charge is 2.29. The fourth-order valence-electron chi connectivity index (χ4n) is 9.72. The van der Waals surface area contributed by atoms with Crippen molar-refractivity contribution in [1.82, 2.24) is 4.57 Å². The minimum absolute atomic E-state index is 0.0798. The van der Waals surface area contributed by atoms with Gasteiger partial charge in [0.2, 0.25) is 0 Å². The smallest absolute Gasteiger partial charge is 0.198 e. The Bertz CT molecular complexity index is 3720. The molecule has 0 atom stereocenters. The van der Waals surface area contributed by atoms with Crippen molar-refractivity contribution in [3.05, 3.63) is 151 Å². The van der Waals surface area contributed by atoms with E-state index in [0.29, 0.717) is 0 Å². The number of nitrogens with zero attached hydrogens (tertiary/aromatic N) is 1. The van der Waals surface area contributed by atoms with Crippen LogP contribution in [0, 0.1) is 0 Å². The molecule has 0 saturated carbocycles. The largest absolute Gasteiger partial charge is 0.456 e. The molecule has 0 spiro atoms. The molecule has 4 aromatic heterocycles. The predicted molar refractivity (Wildman–Crippen MR) is 249 cm³/mol. The monoisotopic (exact) mass is 762 g/mol. The molecule has 12 aromatic rings. The number of hydrogen-bond acceptors (Lipinski definition) is 4. The Labute approximate surface area is 338 Å². The van der Waals surface area contributed by atoms with Gasteiger partial charge < -0.3 is 18.7 Å². The van der Waals surface area contributed by atoms with Crippen molar-refractivity contribution in [3.63, 3.8) is 0 Å². The molecule has 4 nitrogen and oxygen atoms in total. The predicted octanol–water partition coefficient (Wildman–Crippen LogP) is 13.4. The molecule has 1 N–H and O–H groups in total. The van der Waals surface area contributed by atoms with Crippen LogP contribution >= 0.6 is 11.3 Å². The van der Waals surface area contributed by atoms with Crippen molar-refractivity contribution in [2.24, 2.45) is 0 Å². The van der Waals surface area contributed by atoms with Crippen LogP contribution in [0.3, 0.4) is 0 Å². The van der Waals surface area contributed by atoms with E-state index in [4.69, 9.17) is 8.83 Å². The number of fused-ring (bicyclic) bond motifs is 14. The van der Waals surface area contributed by atoms with Gasteiger partial charge in [-0.25, -0.2) is 0 Å². The Kier molecular flexibility index (Phi) is 6.37. The van der Waals surface area contributed by atoms with Crippen LogP contribution in [-0.4, -0.2) is 11.8 Å². The lowest BCUT2D eigenvalue weighted by Crippen LogP contribution is -2.37. The summed E-state index contributed by atoms with van der Waals surface area (Å²) in [5.41, 5.74) is 15.7. The molecule has 0 aliphatic carbocycles. The summed E-state index contributed by atoms with van der Waals surface area (Å²) in [7, 11) is 0.787. The molecule has 0 fully saturated rings. The summed E-state index contributed by atoms with van der Waals surface area (Å²) < 4.78 is 18.1. The third-order valence-electron chi connectivity index (χ3n) is 12.6. The molecule has 0 radical (unpaired) electrons. The van der Waals surface area contributed by atoms with Crippen molar-refractivity contribution in [1.29, 1.82) is 0 Å². The van der Waals surface area contributed by atoms with Crippen LogP contribution in [0.1, 0.15) is 26.3 Å². The Hall–Kier alpha value is -6.76. The summed E-state index contributed by atoms with van der Waals surface area (Å²) in [6.45, 7) is 6.80. The fraction of sp³-hybridized carbons (Fsp3) is 0.0769. The molecule has 0 saturated heterocycles. The maximum atomic E-state index is 6.52. The standard InChI is InChI=1S/C52H35BN2O2S/c1-52(2,3)28-16-18-29(19-17-28)54-41-25-49-39(32-12-6-9-15-48(32)58-49)22-35(41)33-20-21-34-36-23-37-30-10-4-7-13-44(30)56-46(37)26-42(36)55-43-27-47-38(24-40(43)53-50(33)51(34)55)31-11-5-8-14-45(31)57-47/h4-27,53-54H,1-3H3. The number of thiophene rings is 1. The number of furan rings is 2. The third kappa shape index (κ3) is 4.52. The summed E-state index contributed by atoms with van der Waals surface area (Å²) in [6.07, 6.45) is 0. The molecular formula is C52H35BN2O2S. The molecule has 6 heteroatoms. The van der Waals surface area contributed by atoms with Gasteiger partial charge in [0.05, 0.1) is 5.52 Å². The third-order valence-corrected chi connectivity index (χ3v) is 13.7. The van der Waals surface area contributed by atoms with Gasteiger partial charge in [0, 0.05) is 92.8 Å². The Balaban J connectivity index is 1.12. The van der Waals surface area contributed by atoms with Crippen LogP contribution in [0.5, 0.6) is 0 Å². The van der Waals surface area contributed by atoms with Gasteiger partial charge in [-0.05, 0) is 70.5 Å². The zero-order valence-electron chi connectivity index (χ0n) is 32.2. The van der Waals surface area contributed by atoms with Crippen LogP contribution in [0.4, 0.5) is 11.4 Å². The van der Waals surface area contributed by atoms with Crippen LogP contribution < -0.4 is 16.2 Å². The van der Waals surface area contributed by atoms with E-state index in [2.05, 4.69) is 164 Å². The Morgan fingerprint density at radius 2 is 1.22 bits per heavy atom. The summed E-state index contributed by atoms with van der Waals surface area (Å²) in [6, 6.07) is 53.3. The number of anilines is 2. The molecule has 274 valence electrons. The molecule has 0 amide bonds. The molecule has 1 aliphatic heterocycles. The summed E-state index contributed by atoms with van der Waals surface area (Å²) >= 11 is 1.86. The van der Waals surface area contributed by atoms with E-state index in [-0.39, 0.29) is 5.41 Å². The van der Waals surface area contributed by atoms with Crippen molar-refractivity contribution in [3.8, 4) is 16.8 Å². The number of benzene rings is 8. The van der Waals surface area contributed by atoms with Gasteiger partial charge in [-0.1, -0.05) is 111 Å². The van der Waals surface area contributed by atoms with E-state index in [1.54, 1.807) is 0 Å². The minimum atomic E-state index is 0.0798. The second-order valence-electron chi connectivity index (χ2n) is 17.0. The zero-order valence-corrected chi connectivity index (χ0v) is 33.1. The van der Waals surface area contributed by atoms with Crippen molar-refractivity contribution < 1.29 is 8.83 Å². The first-order valence-corrected chi connectivity index (χ1v) is 20.8. The minimum Gasteiger partial charge on any atom is -0.456 e. The zero-order chi connectivity index (χ0) is 38.4. The van der Waals surface area contributed by atoms with Gasteiger partial charge in [-0.3, -0.25) is 0 Å². The first kappa shape index (κ1) is 32.3. The Morgan fingerprint density at radius 3 is 1.98 bits per heavy atom. The molecule has 0 bridgehead atoms. The number of aromatic nitrogens is 1. The average molecular weight is 763 g/mol. The topological polar surface area (TPSA) is 43.2 Å².